The standard InChI is InChI=1S/C9H15N3O/c1-7-5-9(13)12(11-7)8-3-2-4-10-6-8/h5,8,10-11H,2-4,6H2,1H3/t8-/m0/s1. The molecular weight excluding hydrogens is 166 g/mol. The molecule has 1 aromatic heterocycles. The van der Waals surface area contributed by atoms with Crippen LogP contribution in [0, 0.1) is 6.92 Å². The van der Waals surface area contributed by atoms with Crippen molar-refractivity contribution in [2.45, 2.75) is 25.8 Å². The van der Waals surface area contributed by atoms with Gasteiger partial charge >= 0.3 is 0 Å². The summed E-state index contributed by atoms with van der Waals surface area (Å²) in [6.45, 7) is 3.89. The molecule has 1 fully saturated rings. The number of H-pyrrole nitrogens is 1. The van der Waals surface area contributed by atoms with E-state index in [9.17, 15) is 4.79 Å². The number of aromatic nitrogens is 2. The van der Waals surface area contributed by atoms with Crippen LogP contribution in [0.1, 0.15) is 24.6 Å². The van der Waals surface area contributed by atoms with Crippen molar-refractivity contribution in [3.05, 3.63) is 22.1 Å². The van der Waals surface area contributed by atoms with Gasteiger partial charge in [-0.05, 0) is 26.3 Å². The van der Waals surface area contributed by atoms with Crippen LogP contribution in [0.3, 0.4) is 0 Å². The highest BCUT2D eigenvalue weighted by molar-refractivity contribution is 4.97. The second kappa shape index (κ2) is 3.38. The minimum absolute atomic E-state index is 0.0891. The zero-order valence-electron chi connectivity index (χ0n) is 7.84. The molecule has 13 heavy (non-hydrogen) atoms. The van der Waals surface area contributed by atoms with Crippen molar-refractivity contribution in [3.63, 3.8) is 0 Å². The van der Waals surface area contributed by atoms with Crippen LogP contribution < -0.4 is 10.9 Å². The number of nitrogens with zero attached hydrogens (tertiary/aromatic N) is 1. The largest absolute Gasteiger partial charge is 0.315 e. The van der Waals surface area contributed by atoms with E-state index in [2.05, 4.69) is 10.4 Å². The van der Waals surface area contributed by atoms with Crippen LogP contribution in [-0.2, 0) is 0 Å². The van der Waals surface area contributed by atoms with E-state index in [1.165, 1.54) is 0 Å². The van der Waals surface area contributed by atoms with Gasteiger partial charge in [-0.3, -0.25) is 9.89 Å². The van der Waals surface area contributed by atoms with Gasteiger partial charge in [0.2, 0.25) is 0 Å². The van der Waals surface area contributed by atoms with E-state index in [-0.39, 0.29) is 5.56 Å². The smallest absolute Gasteiger partial charge is 0.267 e. The Morgan fingerprint density at radius 2 is 2.46 bits per heavy atom. The van der Waals surface area contributed by atoms with E-state index in [1.54, 1.807) is 10.7 Å². The van der Waals surface area contributed by atoms with Crippen LogP contribution in [0.2, 0.25) is 0 Å². The fourth-order valence-corrected chi connectivity index (χ4v) is 1.86. The van der Waals surface area contributed by atoms with E-state index < -0.39 is 0 Å². The Balaban J connectivity index is 2.23. The maximum absolute atomic E-state index is 11.4. The first-order valence-corrected chi connectivity index (χ1v) is 4.76. The topological polar surface area (TPSA) is 49.8 Å². The first-order chi connectivity index (χ1) is 6.27. The monoisotopic (exact) mass is 181 g/mol. The molecule has 4 heteroatoms. The summed E-state index contributed by atoms with van der Waals surface area (Å²) in [5.74, 6) is 0. The minimum atomic E-state index is 0.0891. The minimum Gasteiger partial charge on any atom is -0.315 e. The van der Waals surface area contributed by atoms with E-state index in [0.717, 1.165) is 31.6 Å². The van der Waals surface area contributed by atoms with Gasteiger partial charge in [0.25, 0.3) is 5.56 Å². The molecular formula is C9H15N3O. The molecule has 0 saturated carbocycles. The van der Waals surface area contributed by atoms with Gasteiger partial charge in [-0.15, -0.1) is 0 Å². The molecule has 2 N–H and O–H groups in total. The SMILES string of the molecule is Cc1cc(=O)n([C@H]2CCCNC2)[nH]1. The van der Waals surface area contributed by atoms with Crippen LogP contribution in [-0.4, -0.2) is 22.9 Å². The molecule has 1 atom stereocenters. The third-order valence-corrected chi connectivity index (χ3v) is 2.51. The maximum atomic E-state index is 11.4. The van der Waals surface area contributed by atoms with Gasteiger partial charge in [0.15, 0.2) is 0 Å². The summed E-state index contributed by atoms with van der Waals surface area (Å²) in [5.41, 5.74) is 1.03. The van der Waals surface area contributed by atoms with Crippen LogP contribution in [0.15, 0.2) is 10.9 Å². The molecule has 1 aliphatic rings. The predicted molar refractivity (Wildman–Crippen MR) is 50.9 cm³/mol. The Hall–Kier alpha value is -1.03. The van der Waals surface area contributed by atoms with Crippen LogP contribution in [0.25, 0.3) is 0 Å². The molecule has 0 spiro atoms. The van der Waals surface area contributed by atoms with Gasteiger partial charge in [0.05, 0.1) is 6.04 Å². The molecule has 1 aromatic rings. The number of rotatable bonds is 1. The van der Waals surface area contributed by atoms with Crippen molar-refractivity contribution in [2.24, 2.45) is 0 Å². The lowest BCUT2D eigenvalue weighted by Crippen LogP contribution is -2.35. The number of piperidine rings is 1. The summed E-state index contributed by atoms with van der Waals surface area (Å²) in [6.07, 6.45) is 2.24. The second-order valence-corrected chi connectivity index (χ2v) is 3.65. The van der Waals surface area contributed by atoms with Crippen molar-refractivity contribution in [2.75, 3.05) is 13.1 Å². The highest BCUT2D eigenvalue weighted by Gasteiger charge is 2.16. The number of hydrogen-bond donors (Lipinski definition) is 2. The zero-order valence-corrected chi connectivity index (χ0v) is 7.84. The first-order valence-electron chi connectivity index (χ1n) is 4.76. The van der Waals surface area contributed by atoms with E-state index >= 15 is 0 Å². The summed E-state index contributed by atoms with van der Waals surface area (Å²) in [6, 6.07) is 1.96. The van der Waals surface area contributed by atoms with Gasteiger partial charge in [-0.25, -0.2) is 4.68 Å². The van der Waals surface area contributed by atoms with Gasteiger partial charge in [-0.1, -0.05) is 0 Å². The molecule has 1 saturated heterocycles. The fourth-order valence-electron chi connectivity index (χ4n) is 1.86. The average molecular weight is 181 g/mol. The van der Waals surface area contributed by atoms with E-state index in [1.807, 2.05) is 6.92 Å². The van der Waals surface area contributed by atoms with E-state index in [0.29, 0.717) is 6.04 Å². The van der Waals surface area contributed by atoms with Crippen molar-refractivity contribution in [3.8, 4) is 0 Å². The van der Waals surface area contributed by atoms with Gasteiger partial charge in [-0.2, -0.15) is 0 Å². The molecule has 2 rings (SSSR count). The zero-order chi connectivity index (χ0) is 9.26. The van der Waals surface area contributed by atoms with Crippen LogP contribution in [0.4, 0.5) is 0 Å². The number of nitrogens with one attached hydrogen (secondary N) is 2. The first kappa shape index (κ1) is 8.56. The Bertz CT molecular complexity index is 333. The third kappa shape index (κ3) is 1.67. The lowest BCUT2D eigenvalue weighted by molar-refractivity contribution is 0.339. The highest BCUT2D eigenvalue weighted by Crippen LogP contribution is 2.13. The molecule has 2 heterocycles. The molecule has 0 aliphatic carbocycles. The summed E-state index contributed by atoms with van der Waals surface area (Å²) < 4.78 is 1.74. The normalized spacial score (nSPS) is 23.3. The summed E-state index contributed by atoms with van der Waals surface area (Å²) in [5, 5.41) is 6.37. The highest BCUT2D eigenvalue weighted by atomic mass is 16.1. The second-order valence-electron chi connectivity index (χ2n) is 3.65. The Kier molecular flexibility index (Phi) is 2.22. The fraction of sp³-hybridized carbons (Fsp3) is 0.667. The van der Waals surface area contributed by atoms with E-state index in [4.69, 9.17) is 0 Å². The van der Waals surface area contributed by atoms with Gasteiger partial charge in [0, 0.05) is 18.3 Å². The Morgan fingerprint density at radius 3 is 3.00 bits per heavy atom. The Morgan fingerprint density at radius 1 is 1.62 bits per heavy atom. The lowest BCUT2D eigenvalue weighted by atomic mass is 10.1. The summed E-state index contributed by atoms with van der Waals surface area (Å²) in [4.78, 5) is 11.4. The third-order valence-electron chi connectivity index (χ3n) is 2.51. The van der Waals surface area contributed by atoms with Crippen molar-refractivity contribution in [1.29, 1.82) is 0 Å². The van der Waals surface area contributed by atoms with Gasteiger partial charge < -0.3 is 5.32 Å². The molecule has 0 radical (unpaired) electrons. The molecule has 0 unspecified atom stereocenters. The van der Waals surface area contributed by atoms with Crippen molar-refractivity contribution < 1.29 is 0 Å². The number of aryl methyl sites for hydroxylation is 1. The molecule has 72 valence electrons. The molecule has 1 aliphatic heterocycles. The molecule has 0 amide bonds. The Labute approximate surface area is 76.9 Å². The predicted octanol–water partition coefficient (Wildman–Crippen LogP) is 0.409. The number of aromatic amines is 1. The van der Waals surface area contributed by atoms with Gasteiger partial charge in [0.1, 0.15) is 0 Å². The molecule has 0 bridgehead atoms. The molecule has 4 nitrogen and oxygen atoms in total. The quantitative estimate of drug-likeness (QED) is 0.659. The number of hydrogen-bond acceptors (Lipinski definition) is 2. The van der Waals surface area contributed by atoms with Crippen LogP contribution >= 0.6 is 0 Å². The maximum Gasteiger partial charge on any atom is 0.267 e. The average Bonchev–Trinajstić information content (AvgIpc) is 2.47. The van der Waals surface area contributed by atoms with Crippen molar-refractivity contribution >= 4 is 0 Å². The molecule has 0 aromatic carbocycles. The summed E-state index contributed by atoms with van der Waals surface area (Å²) >= 11 is 0. The van der Waals surface area contributed by atoms with Crippen LogP contribution in [0.5, 0.6) is 0 Å². The van der Waals surface area contributed by atoms with Crippen molar-refractivity contribution in [1.82, 2.24) is 15.1 Å². The summed E-state index contributed by atoms with van der Waals surface area (Å²) in [7, 11) is 0. The lowest BCUT2D eigenvalue weighted by Gasteiger charge is -2.23.